The molecule has 0 spiro atoms. The first-order valence-corrected chi connectivity index (χ1v) is 12.2. The average molecular weight is 446 g/mol. The summed E-state index contributed by atoms with van der Waals surface area (Å²) < 4.78 is 11.4. The lowest BCUT2D eigenvalue weighted by Gasteiger charge is -2.37. The minimum Gasteiger partial charge on any atom is -0.379 e. The van der Waals surface area contributed by atoms with E-state index in [2.05, 4.69) is 77.4 Å². The largest absolute Gasteiger partial charge is 0.379 e. The van der Waals surface area contributed by atoms with E-state index in [-0.39, 0.29) is 0 Å². The van der Waals surface area contributed by atoms with Crippen LogP contribution in [0, 0.1) is 5.92 Å². The lowest BCUT2D eigenvalue weighted by atomic mass is 10.0. The van der Waals surface area contributed by atoms with E-state index in [9.17, 15) is 0 Å². The highest BCUT2D eigenvalue weighted by atomic mass is 16.5. The number of guanidine groups is 1. The summed E-state index contributed by atoms with van der Waals surface area (Å²) in [6.45, 7) is 17.2. The number of morpholine rings is 2. The Morgan fingerprint density at radius 3 is 2.25 bits per heavy atom. The van der Waals surface area contributed by atoms with E-state index in [0.29, 0.717) is 24.2 Å². The van der Waals surface area contributed by atoms with E-state index in [0.717, 1.165) is 65.0 Å². The average Bonchev–Trinajstić information content (AvgIpc) is 2.77. The first-order valence-electron chi connectivity index (χ1n) is 12.2. The molecule has 2 fully saturated rings. The minimum atomic E-state index is 0.306. The first kappa shape index (κ1) is 25.0. The number of benzene rings is 1. The van der Waals surface area contributed by atoms with Gasteiger partial charge in [-0.2, -0.15) is 0 Å². The lowest BCUT2D eigenvalue weighted by Crippen LogP contribution is -2.52. The maximum absolute atomic E-state index is 5.84. The molecule has 0 saturated carbocycles. The molecule has 0 aromatic heterocycles. The van der Waals surface area contributed by atoms with Crippen molar-refractivity contribution in [2.45, 2.75) is 59.0 Å². The quantitative estimate of drug-likeness (QED) is 0.473. The molecule has 0 radical (unpaired) electrons. The van der Waals surface area contributed by atoms with E-state index >= 15 is 0 Å². The van der Waals surface area contributed by atoms with Crippen LogP contribution >= 0.6 is 0 Å². The first-order chi connectivity index (χ1) is 15.4. The van der Waals surface area contributed by atoms with Crippen molar-refractivity contribution in [2.24, 2.45) is 10.9 Å². The number of aliphatic imine (C=N–C) groups is 1. The Hall–Kier alpha value is -1.67. The van der Waals surface area contributed by atoms with E-state index in [4.69, 9.17) is 9.47 Å². The lowest BCUT2D eigenvalue weighted by molar-refractivity contribution is -0.0704. The van der Waals surface area contributed by atoms with E-state index < -0.39 is 0 Å². The molecule has 3 unspecified atom stereocenters. The Bertz CT molecular complexity index is 693. The third-order valence-electron chi connectivity index (χ3n) is 6.37. The molecule has 3 rings (SSSR count). The zero-order valence-electron chi connectivity index (χ0n) is 20.6. The zero-order chi connectivity index (χ0) is 22.9. The second-order valence-corrected chi connectivity index (χ2v) is 9.53. The second kappa shape index (κ2) is 12.5. The third kappa shape index (κ3) is 7.73. The molecule has 0 amide bonds. The Morgan fingerprint density at radius 1 is 1.03 bits per heavy atom. The van der Waals surface area contributed by atoms with Crippen molar-refractivity contribution in [3.8, 4) is 0 Å². The van der Waals surface area contributed by atoms with Gasteiger partial charge in [-0.1, -0.05) is 38.1 Å². The fourth-order valence-corrected chi connectivity index (χ4v) is 4.74. The van der Waals surface area contributed by atoms with Gasteiger partial charge in [-0.05, 0) is 30.9 Å². The van der Waals surface area contributed by atoms with Crippen LogP contribution in [0.5, 0.6) is 0 Å². The number of hydrogen-bond acceptors (Lipinski definition) is 5. The molecular weight excluding hydrogens is 402 g/mol. The van der Waals surface area contributed by atoms with Crippen molar-refractivity contribution < 1.29 is 9.47 Å². The molecule has 7 nitrogen and oxygen atoms in total. The fraction of sp³-hybridized carbons (Fsp3) is 0.720. The highest BCUT2D eigenvalue weighted by molar-refractivity contribution is 5.79. The fourth-order valence-electron chi connectivity index (χ4n) is 4.74. The van der Waals surface area contributed by atoms with Gasteiger partial charge < -0.3 is 20.1 Å². The number of nitrogens with zero attached hydrogens (tertiary/aromatic N) is 3. The van der Waals surface area contributed by atoms with Crippen LogP contribution in [0.2, 0.25) is 0 Å². The SMILES string of the molecule is CN=C(NCc1ccc(CN2CC(C)OC(C)C2)cc1)NCC(C(C)C)N1CCOCC1. The summed E-state index contributed by atoms with van der Waals surface area (Å²) in [5.41, 5.74) is 2.61. The van der Waals surface area contributed by atoms with Crippen LogP contribution in [-0.4, -0.2) is 87.0 Å². The van der Waals surface area contributed by atoms with Crippen molar-refractivity contribution in [3.05, 3.63) is 35.4 Å². The molecule has 1 aromatic carbocycles. The molecule has 3 atom stereocenters. The van der Waals surface area contributed by atoms with Gasteiger partial charge in [0.15, 0.2) is 5.96 Å². The van der Waals surface area contributed by atoms with Crippen molar-refractivity contribution >= 4 is 5.96 Å². The van der Waals surface area contributed by atoms with Gasteiger partial charge in [0.1, 0.15) is 0 Å². The monoisotopic (exact) mass is 445 g/mol. The highest BCUT2D eigenvalue weighted by Gasteiger charge is 2.24. The third-order valence-corrected chi connectivity index (χ3v) is 6.37. The molecule has 180 valence electrons. The van der Waals surface area contributed by atoms with Crippen LogP contribution in [0.1, 0.15) is 38.8 Å². The number of nitrogens with one attached hydrogen (secondary N) is 2. The van der Waals surface area contributed by atoms with E-state index in [1.807, 2.05) is 7.05 Å². The summed E-state index contributed by atoms with van der Waals surface area (Å²) in [5.74, 6) is 1.42. The van der Waals surface area contributed by atoms with Crippen LogP contribution in [-0.2, 0) is 22.6 Å². The molecule has 1 aromatic rings. The zero-order valence-corrected chi connectivity index (χ0v) is 20.6. The summed E-state index contributed by atoms with van der Waals surface area (Å²) in [5, 5.41) is 6.99. The van der Waals surface area contributed by atoms with E-state index in [1.54, 1.807) is 0 Å². The molecule has 2 aliphatic rings. The molecule has 7 heteroatoms. The molecular formula is C25H43N5O2. The number of rotatable bonds is 8. The predicted octanol–water partition coefficient (Wildman–Crippen LogP) is 2.32. The van der Waals surface area contributed by atoms with Gasteiger partial charge in [0.05, 0.1) is 25.4 Å². The molecule has 2 heterocycles. The predicted molar refractivity (Wildman–Crippen MR) is 131 cm³/mol. The molecule has 2 aliphatic heterocycles. The summed E-state index contributed by atoms with van der Waals surface area (Å²) in [6.07, 6.45) is 0.611. The highest BCUT2D eigenvalue weighted by Crippen LogP contribution is 2.15. The molecule has 0 aliphatic carbocycles. The molecule has 2 N–H and O–H groups in total. The van der Waals surface area contributed by atoms with Crippen molar-refractivity contribution in [1.29, 1.82) is 0 Å². The molecule has 2 saturated heterocycles. The molecule has 0 bridgehead atoms. The normalized spacial score (nSPS) is 24.5. The molecule has 32 heavy (non-hydrogen) atoms. The summed E-state index contributed by atoms with van der Waals surface area (Å²) in [7, 11) is 1.84. The maximum atomic E-state index is 5.84. The number of ether oxygens (including phenoxy) is 2. The van der Waals surface area contributed by atoms with Gasteiger partial charge in [-0.25, -0.2) is 0 Å². The van der Waals surface area contributed by atoms with E-state index in [1.165, 1.54) is 11.1 Å². The van der Waals surface area contributed by atoms with Crippen LogP contribution < -0.4 is 10.6 Å². The van der Waals surface area contributed by atoms with Crippen LogP contribution in [0.25, 0.3) is 0 Å². The van der Waals surface area contributed by atoms with Gasteiger partial charge in [0.2, 0.25) is 0 Å². The van der Waals surface area contributed by atoms with Crippen molar-refractivity contribution in [3.63, 3.8) is 0 Å². The number of hydrogen-bond donors (Lipinski definition) is 2. The summed E-state index contributed by atoms with van der Waals surface area (Å²) in [6, 6.07) is 9.39. The van der Waals surface area contributed by atoms with Gasteiger partial charge in [-0.3, -0.25) is 14.8 Å². The second-order valence-electron chi connectivity index (χ2n) is 9.53. The van der Waals surface area contributed by atoms with Crippen molar-refractivity contribution in [1.82, 2.24) is 20.4 Å². The van der Waals surface area contributed by atoms with Crippen LogP contribution in [0.4, 0.5) is 0 Å². The Kier molecular flexibility index (Phi) is 9.78. The standard InChI is InChI=1S/C25H43N5O2/c1-19(2)24(30-10-12-31-13-11-30)15-28-25(26-5)27-14-22-6-8-23(9-7-22)18-29-16-20(3)32-21(4)17-29/h6-9,19-21,24H,10-18H2,1-5H3,(H2,26,27,28). The topological polar surface area (TPSA) is 61.4 Å². The van der Waals surface area contributed by atoms with Crippen LogP contribution in [0.15, 0.2) is 29.3 Å². The minimum absolute atomic E-state index is 0.306. The Balaban J connectivity index is 1.45. The van der Waals surface area contributed by atoms with Gasteiger partial charge in [0, 0.05) is 58.9 Å². The van der Waals surface area contributed by atoms with Gasteiger partial charge in [-0.15, -0.1) is 0 Å². The summed E-state index contributed by atoms with van der Waals surface area (Å²) in [4.78, 5) is 9.44. The maximum Gasteiger partial charge on any atom is 0.191 e. The summed E-state index contributed by atoms with van der Waals surface area (Å²) >= 11 is 0. The van der Waals surface area contributed by atoms with Gasteiger partial charge >= 0.3 is 0 Å². The Morgan fingerprint density at radius 2 is 1.66 bits per heavy atom. The Labute approximate surface area is 194 Å². The van der Waals surface area contributed by atoms with Crippen LogP contribution in [0.3, 0.4) is 0 Å². The van der Waals surface area contributed by atoms with Crippen molar-refractivity contribution in [2.75, 3.05) is 53.0 Å². The van der Waals surface area contributed by atoms with Gasteiger partial charge in [0.25, 0.3) is 0 Å². The smallest absolute Gasteiger partial charge is 0.191 e.